The van der Waals surface area contributed by atoms with Crippen LogP contribution in [0.3, 0.4) is 0 Å². The molecule has 6 heteroatoms. The maximum atomic E-state index is 13.0. The average molecular weight is 359 g/mol. The first kappa shape index (κ1) is 16.5. The number of pyridine rings is 1. The minimum absolute atomic E-state index is 0.153. The van der Waals surface area contributed by atoms with Gasteiger partial charge in [0.2, 0.25) is 0 Å². The van der Waals surface area contributed by atoms with Crippen LogP contribution >= 0.6 is 11.6 Å². The van der Waals surface area contributed by atoms with E-state index >= 15 is 0 Å². The zero-order valence-electron chi connectivity index (χ0n) is 14.7. The number of hydrogen-bond acceptors (Lipinski definition) is 3. The summed E-state index contributed by atoms with van der Waals surface area (Å²) in [6.07, 6.45) is 5.89. The van der Waals surface area contributed by atoms with Crippen molar-refractivity contribution in [2.75, 3.05) is 31.1 Å². The summed E-state index contributed by atoms with van der Waals surface area (Å²) in [6, 6.07) is 4.60. The van der Waals surface area contributed by atoms with E-state index in [1.54, 1.807) is 12.4 Å². The van der Waals surface area contributed by atoms with Crippen LogP contribution < -0.4 is 4.90 Å². The number of anilines is 1. The number of carbonyl (C=O) groups is 1. The number of carbonyl (C=O) groups excluding carboxylic acids is 1. The maximum Gasteiger partial charge on any atom is 0.255 e. The summed E-state index contributed by atoms with van der Waals surface area (Å²) in [5, 5.41) is 0.662. The SMILES string of the molecule is Cc1cc(C(=O)N2CCN(c3ccncc3Cl)CC2)c(C)n1C1CC1. The lowest BCUT2D eigenvalue weighted by Gasteiger charge is -2.36. The van der Waals surface area contributed by atoms with Crippen molar-refractivity contribution in [3.8, 4) is 0 Å². The van der Waals surface area contributed by atoms with Gasteiger partial charge in [0.15, 0.2) is 0 Å². The van der Waals surface area contributed by atoms with Crippen molar-refractivity contribution in [2.45, 2.75) is 32.7 Å². The first-order valence-electron chi connectivity index (χ1n) is 8.88. The zero-order valence-corrected chi connectivity index (χ0v) is 15.5. The quantitative estimate of drug-likeness (QED) is 0.843. The standard InChI is InChI=1S/C19H23ClN4O/c1-13-11-16(14(2)24(13)15-3-4-15)19(25)23-9-7-22(8-10-23)18-5-6-21-12-17(18)20/h5-6,11-12,15H,3-4,7-10H2,1-2H3. The van der Waals surface area contributed by atoms with Crippen LogP contribution in [0.15, 0.2) is 24.5 Å². The van der Waals surface area contributed by atoms with E-state index in [0.717, 1.165) is 30.0 Å². The minimum Gasteiger partial charge on any atom is -0.367 e. The molecule has 3 heterocycles. The minimum atomic E-state index is 0.153. The van der Waals surface area contributed by atoms with Gasteiger partial charge in [0, 0.05) is 56.0 Å². The highest BCUT2D eigenvalue weighted by atomic mass is 35.5. The molecule has 0 unspecified atom stereocenters. The molecular formula is C19H23ClN4O. The van der Waals surface area contributed by atoms with Crippen LogP contribution in [0.25, 0.3) is 0 Å². The van der Waals surface area contributed by atoms with Crippen molar-refractivity contribution in [3.05, 3.63) is 46.5 Å². The van der Waals surface area contributed by atoms with Crippen LogP contribution in [0, 0.1) is 13.8 Å². The number of nitrogens with zero attached hydrogens (tertiary/aromatic N) is 4. The molecule has 1 saturated heterocycles. The molecule has 0 aromatic carbocycles. The zero-order chi connectivity index (χ0) is 17.6. The number of aromatic nitrogens is 2. The van der Waals surface area contributed by atoms with E-state index < -0.39 is 0 Å². The molecule has 25 heavy (non-hydrogen) atoms. The first-order valence-corrected chi connectivity index (χ1v) is 9.26. The molecule has 5 nitrogen and oxygen atoms in total. The van der Waals surface area contributed by atoms with Crippen molar-refractivity contribution in [3.63, 3.8) is 0 Å². The number of halogens is 1. The molecule has 132 valence electrons. The summed E-state index contributed by atoms with van der Waals surface area (Å²) in [5.74, 6) is 0.153. The van der Waals surface area contributed by atoms with Gasteiger partial charge in [0.25, 0.3) is 5.91 Å². The maximum absolute atomic E-state index is 13.0. The monoisotopic (exact) mass is 358 g/mol. The Labute approximate surface area is 153 Å². The van der Waals surface area contributed by atoms with Gasteiger partial charge < -0.3 is 14.4 Å². The Bertz CT molecular complexity index is 804. The molecule has 2 aliphatic rings. The van der Waals surface area contributed by atoms with E-state index in [-0.39, 0.29) is 5.91 Å². The largest absolute Gasteiger partial charge is 0.367 e. The molecule has 2 aromatic rings. The molecule has 2 fully saturated rings. The van der Waals surface area contributed by atoms with Gasteiger partial charge in [-0.1, -0.05) is 11.6 Å². The molecule has 2 aromatic heterocycles. The van der Waals surface area contributed by atoms with Gasteiger partial charge in [-0.2, -0.15) is 0 Å². The van der Waals surface area contributed by atoms with Crippen molar-refractivity contribution in [2.24, 2.45) is 0 Å². The summed E-state index contributed by atoms with van der Waals surface area (Å²) < 4.78 is 2.33. The summed E-state index contributed by atoms with van der Waals surface area (Å²) in [4.78, 5) is 21.2. The van der Waals surface area contributed by atoms with E-state index in [1.807, 2.05) is 11.0 Å². The number of amides is 1. The topological polar surface area (TPSA) is 41.4 Å². The Morgan fingerprint density at radius 1 is 1.20 bits per heavy atom. The smallest absolute Gasteiger partial charge is 0.255 e. The second kappa shape index (κ2) is 6.37. The van der Waals surface area contributed by atoms with Crippen molar-refractivity contribution in [1.82, 2.24) is 14.5 Å². The van der Waals surface area contributed by atoms with E-state index in [2.05, 4.69) is 34.4 Å². The molecular weight excluding hydrogens is 336 g/mol. The number of piperazine rings is 1. The fourth-order valence-electron chi connectivity index (χ4n) is 3.83. The molecule has 1 saturated carbocycles. The van der Waals surface area contributed by atoms with Gasteiger partial charge in [-0.15, -0.1) is 0 Å². The van der Waals surface area contributed by atoms with E-state index in [9.17, 15) is 4.79 Å². The Morgan fingerprint density at radius 3 is 2.56 bits per heavy atom. The summed E-state index contributed by atoms with van der Waals surface area (Å²) in [6.45, 7) is 7.18. The highest BCUT2D eigenvalue weighted by molar-refractivity contribution is 6.33. The number of aryl methyl sites for hydroxylation is 1. The fraction of sp³-hybridized carbons (Fsp3) is 0.474. The highest BCUT2D eigenvalue weighted by Crippen LogP contribution is 2.38. The second-order valence-corrected chi connectivity index (χ2v) is 7.40. The predicted molar refractivity (Wildman–Crippen MR) is 99.5 cm³/mol. The molecule has 1 aliphatic heterocycles. The van der Waals surface area contributed by atoms with Crippen LogP contribution in [0.2, 0.25) is 5.02 Å². The predicted octanol–water partition coefficient (Wildman–Crippen LogP) is 3.45. The van der Waals surface area contributed by atoms with Crippen LogP contribution in [-0.4, -0.2) is 46.5 Å². The lowest BCUT2D eigenvalue weighted by atomic mass is 10.2. The third kappa shape index (κ3) is 3.01. The molecule has 0 radical (unpaired) electrons. The van der Waals surface area contributed by atoms with Gasteiger partial charge in [-0.25, -0.2) is 0 Å². The molecule has 0 bridgehead atoms. The Balaban J connectivity index is 1.47. The van der Waals surface area contributed by atoms with Crippen LogP contribution in [0.5, 0.6) is 0 Å². The van der Waals surface area contributed by atoms with Crippen LogP contribution in [0.1, 0.15) is 40.6 Å². The van der Waals surface area contributed by atoms with Gasteiger partial charge >= 0.3 is 0 Å². The lowest BCUT2D eigenvalue weighted by Crippen LogP contribution is -2.49. The van der Waals surface area contributed by atoms with Gasteiger partial charge in [0.05, 0.1) is 16.3 Å². The Kier molecular flexibility index (Phi) is 4.20. The van der Waals surface area contributed by atoms with Gasteiger partial charge in [0.1, 0.15) is 0 Å². The average Bonchev–Trinajstić information content (AvgIpc) is 3.40. The van der Waals surface area contributed by atoms with Crippen LogP contribution in [0.4, 0.5) is 5.69 Å². The first-order chi connectivity index (χ1) is 12.1. The Morgan fingerprint density at radius 2 is 1.92 bits per heavy atom. The van der Waals surface area contributed by atoms with Gasteiger partial charge in [-0.05, 0) is 38.8 Å². The normalized spacial score (nSPS) is 17.9. The van der Waals surface area contributed by atoms with Crippen molar-refractivity contribution in [1.29, 1.82) is 0 Å². The summed E-state index contributed by atoms with van der Waals surface area (Å²) in [5.41, 5.74) is 4.17. The van der Waals surface area contributed by atoms with Crippen molar-refractivity contribution < 1.29 is 4.79 Å². The second-order valence-electron chi connectivity index (χ2n) is 6.99. The third-order valence-electron chi connectivity index (χ3n) is 5.29. The number of hydrogen-bond donors (Lipinski definition) is 0. The molecule has 0 atom stereocenters. The van der Waals surface area contributed by atoms with Gasteiger partial charge in [-0.3, -0.25) is 9.78 Å². The van der Waals surface area contributed by atoms with Crippen molar-refractivity contribution >= 4 is 23.2 Å². The van der Waals surface area contributed by atoms with E-state index in [0.29, 0.717) is 24.2 Å². The molecule has 1 amide bonds. The summed E-state index contributed by atoms with van der Waals surface area (Å²) in [7, 11) is 0. The van der Waals surface area contributed by atoms with E-state index in [4.69, 9.17) is 11.6 Å². The summed E-state index contributed by atoms with van der Waals surface area (Å²) >= 11 is 6.24. The Hall–Kier alpha value is -2.01. The highest BCUT2D eigenvalue weighted by Gasteiger charge is 2.30. The lowest BCUT2D eigenvalue weighted by molar-refractivity contribution is 0.0746. The number of rotatable bonds is 3. The molecule has 1 aliphatic carbocycles. The third-order valence-corrected chi connectivity index (χ3v) is 5.58. The van der Waals surface area contributed by atoms with E-state index in [1.165, 1.54) is 18.5 Å². The van der Waals surface area contributed by atoms with Crippen LogP contribution in [-0.2, 0) is 0 Å². The molecule has 4 rings (SSSR count). The molecule has 0 N–H and O–H groups in total. The fourth-order valence-corrected chi connectivity index (χ4v) is 4.07. The molecule has 0 spiro atoms.